The summed E-state index contributed by atoms with van der Waals surface area (Å²) in [6.45, 7) is 1.23. The van der Waals surface area contributed by atoms with Gasteiger partial charge in [-0.15, -0.1) is 0 Å². The van der Waals surface area contributed by atoms with E-state index in [-0.39, 0.29) is 5.43 Å². The summed E-state index contributed by atoms with van der Waals surface area (Å²) in [6, 6.07) is 21.2. The number of pyridine rings is 1. The van der Waals surface area contributed by atoms with E-state index in [1.54, 1.807) is 6.20 Å². The van der Waals surface area contributed by atoms with Gasteiger partial charge in [0.2, 0.25) is 5.43 Å². The molecule has 0 bridgehead atoms. The highest BCUT2D eigenvalue weighted by Crippen LogP contribution is 2.08. The van der Waals surface area contributed by atoms with Crippen LogP contribution in [0.2, 0.25) is 0 Å². The number of ether oxygens (including phenoxy) is 2. The average Bonchev–Trinajstić information content (AvgIpc) is 2.63. The number of nitrogens with one attached hydrogen (secondary N) is 1. The van der Waals surface area contributed by atoms with Gasteiger partial charge in [-0.1, -0.05) is 60.7 Å². The van der Waals surface area contributed by atoms with Gasteiger partial charge in [0.15, 0.2) is 5.75 Å². The zero-order valence-electron chi connectivity index (χ0n) is 13.3. The zero-order valence-corrected chi connectivity index (χ0v) is 13.3. The van der Waals surface area contributed by atoms with Crippen LogP contribution in [0.15, 0.2) is 77.7 Å². The van der Waals surface area contributed by atoms with Gasteiger partial charge in [-0.3, -0.25) is 4.79 Å². The van der Waals surface area contributed by atoms with Crippen molar-refractivity contribution in [1.29, 1.82) is 0 Å². The predicted octanol–water partition coefficient (Wildman–Crippen LogP) is 3.67. The first-order chi connectivity index (χ1) is 11.8. The summed E-state index contributed by atoms with van der Waals surface area (Å²) in [4.78, 5) is 15.1. The average molecular weight is 321 g/mol. The molecule has 0 fully saturated rings. The van der Waals surface area contributed by atoms with Crippen molar-refractivity contribution in [3.8, 4) is 5.75 Å². The molecule has 1 N–H and O–H groups in total. The molecular weight excluding hydrogens is 302 g/mol. The van der Waals surface area contributed by atoms with Crippen molar-refractivity contribution in [2.24, 2.45) is 0 Å². The molecule has 1 aromatic heterocycles. The first kappa shape index (κ1) is 16.0. The van der Waals surface area contributed by atoms with E-state index in [9.17, 15) is 4.79 Å². The third kappa shape index (κ3) is 4.57. The van der Waals surface area contributed by atoms with Gasteiger partial charge in [0.05, 0.1) is 13.2 Å². The molecule has 0 spiro atoms. The molecule has 0 radical (unpaired) electrons. The number of benzene rings is 2. The van der Waals surface area contributed by atoms with E-state index >= 15 is 0 Å². The molecule has 3 aromatic rings. The molecule has 3 rings (SSSR count). The largest absolute Gasteiger partial charge is 0.483 e. The standard InChI is InChI=1S/C20H19NO3/c22-19-11-18(15-23-13-16-7-3-1-4-8-16)21-12-20(19)24-14-17-9-5-2-6-10-17/h1-12H,13-15H2,(H,21,22). The maximum absolute atomic E-state index is 12.1. The van der Waals surface area contributed by atoms with Gasteiger partial charge in [-0.2, -0.15) is 0 Å². The fourth-order valence-corrected chi connectivity index (χ4v) is 2.28. The van der Waals surface area contributed by atoms with E-state index in [4.69, 9.17) is 9.47 Å². The Morgan fingerprint density at radius 2 is 1.42 bits per heavy atom. The van der Waals surface area contributed by atoms with E-state index in [2.05, 4.69) is 4.98 Å². The van der Waals surface area contributed by atoms with Crippen LogP contribution in [0.25, 0.3) is 0 Å². The van der Waals surface area contributed by atoms with Crippen LogP contribution < -0.4 is 10.2 Å². The lowest BCUT2D eigenvalue weighted by molar-refractivity contribution is 0.104. The van der Waals surface area contributed by atoms with E-state index < -0.39 is 0 Å². The second-order valence-electron chi connectivity index (χ2n) is 5.44. The molecule has 4 heteroatoms. The number of rotatable bonds is 7. The Morgan fingerprint density at radius 1 is 0.792 bits per heavy atom. The maximum atomic E-state index is 12.1. The van der Waals surface area contributed by atoms with E-state index in [1.807, 2.05) is 60.7 Å². The normalized spacial score (nSPS) is 10.5. The molecule has 0 aliphatic carbocycles. The zero-order chi connectivity index (χ0) is 16.6. The van der Waals surface area contributed by atoms with Crippen molar-refractivity contribution >= 4 is 0 Å². The fourth-order valence-electron chi connectivity index (χ4n) is 2.28. The number of H-pyrrole nitrogens is 1. The van der Waals surface area contributed by atoms with Gasteiger partial charge in [0.1, 0.15) is 6.61 Å². The van der Waals surface area contributed by atoms with E-state index in [0.29, 0.717) is 25.6 Å². The minimum atomic E-state index is -0.150. The van der Waals surface area contributed by atoms with Crippen LogP contribution in [-0.2, 0) is 24.6 Å². The molecule has 1 heterocycles. The van der Waals surface area contributed by atoms with Crippen LogP contribution in [0, 0.1) is 0 Å². The maximum Gasteiger partial charge on any atom is 0.223 e. The summed E-state index contributed by atoms with van der Waals surface area (Å²) in [5.74, 6) is 0.311. The Bertz CT molecular complexity index is 813. The molecular formula is C20H19NO3. The molecule has 0 atom stereocenters. The van der Waals surface area contributed by atoms with Gasteiger partial charge in [0, 0.05) is 18.0 Å². The van der Waals surface area contributed by atoms with E-state index in [0.717, 1.165) is 16.8 Å². The second-order valence-corrected chi connectivity index (χ2v) is 5.44. The number of aromatic amines is 1. The summed E-state index contributed by atoms with van der Waals surface area (Å²) < 4.78 is 11.2. The van der Waals surface area contributed by atoms with Crippen molar-refractivity contribution in [3.05, 3.63) is 100.0 Å². The smallest absolute Gasteiger partial charge is 0.223 e. The Morgan fingerprint density at radius 3 is 2.04 bits per heavy atom. The van der Waals surface area contributed by atoms with Crippen LogP contribution in [0.1, 0.15) is 16.8 Å². The van der Waals surface area contributed by atoms with Crippen LogP contribution in [0.4, 0.5) is 0 Å². The van der Waals surface area contributed by atoms with Gasteiger partial charge < -0.3 is 14.5 Å². The summed E-state index contributed by atoms with van der Waals surface area (Å²) in [5.41, 5.74) is 2.70. The van der Waals surface area contributed by atoms with Crippen LogP contribution in [0.5, 0.6) is 5.75 Å². The molecule has 0 unspecified atom stereocenters. The molecule has 0 saturated carbocycles. The fraction of sp³-hybridized carbons (Fsp3) is 0.150. The van der Waals surface area contributed by atoms with Gasteiger partial charge in [-0.25, -0.2) is 0 Å². The molecule has 24 heavy (non-hydrogen) atoms. The summed E-state index contributed by atoms with van der Waals surface area (Å²) in [5, 5.41) is 0. The van der Waals surface area contributed by atoms with Crippen LogP contribution in [-0.4, -0.2) is 4.98 Å². The molecule has 0 aliphatic heterocycles. The van der Waals surface area contributed by atoms with Crippen molar-refractivity contribution in [1.82, 2.24) is 4.98 Å². The van der Waals surface area contributed by atoms with Gasteiger partial charge in [-0.05, 0) is 11.1 Å². The van der Waals surface area contributed by atoms with Crippen molar-refractivity contribution in [2.45, 2.75) is 19.8 Å². The third-order valence-electron chi connectivity index (χ3n) is 3.54. The summed E-state index contributed by atoms with van der Waals surface area (Å²) in [6.07, 6.45) is 1.59. The Balaban J connectivity index is 1.53. The van der Waals surface area contributed by atoms with Gasteiger partial charge in [0.25, 0.3) is 0 Å². The Labute approximate surface area is 140 Å². The first-order valence-corrected chi connectivity index (χ1v) is 7.81. The predicted molar refractivity (Wildman–Crippen MR) is 92.8 cm³/mol. The second kappa shape index (κ2) is 8.13. The first-order valence-electron chi connectivity index (χ1n) is 7.81. The lowest BCUT2D eigenvalue weighted by Gasteiger charge is -2.08. The molecule has 4 nitrogen and oxygen atoms in total. The van der Waals surface area contributed by atoms with E-state index in [1.165, 1.54) is 6.07 Å². The molecule has 2 aromatic carbocycles. The lowest BCUT2D eigenvalue weighted by Crippen LogP contribution is -2.10. The Kier molecular flexibility index (Phi) is 5.43. The van der Waals surface area contributed by atoms with Crippen molar-refractivity contribution in [3.63, 3.8) is 0 Å². The summed E-state index contributed by atoms with van der Waals surface area (Å²) in [7, 11) is 0. The third-order valence-corrected chi connectivity index (χ3v) is 3.54. The minimum Gasteiger partial charge on any atom is -0.483 e. The lowest BCUT2D eigenvalue weighted by atomic mass is 10.2. The van der Waals surface area contributed by atoms with Crippen molar-refractivity contribution in [2.75, 3.05) is 0 Å². The molecule has 0 amide bonds. The highest BCUT2D eigenvalue weighted by atomic mass is 16.5. The summed E-state index contributed by atoms with van der Waals surface area (Å²) >= 11 is 0. The number of aromatic nitrogens is 1. The quantitative estimate of drug-likeness (QED) is 0.722. The highest BCUT2D eigenvalue weighted by Gasteiger charge is 2.04. The monoisotopic (exact) mass is 321 g/mol. The van der Waals surface area contributed by atoms with Crippen LogP contribution >= 0.6 is 0 Å². The Hall–Kier alpha value is -2.85. The SMILES string of the molecule is O=c1cc(COCc2ccccc2)[nH]cc1OCc1ccccc1. The number of hydrogen-bond donors (Lipinski definition) is 1. The topological polar surface area (TPSA) is 51.3 Å². The highest BCUT2D eigenvalue weighted by molar-refractivity contribution is 5.21. The molecule has 0 aliphatic rings. The molecule has 0 saturated heterocycles. The molecule has 122 valence electrons. The minimum absolute atomic E-state index is 0.150. The van der Waals surface area contributed by atoms with Gasteiger partial charge >= 0.3 is 0 Å². The number of hydrogen-bond acceptors (Lipinski definition) is 3. The van der Waals surface area contributed by atoms with Crippen LogP contribution in [0.3, 0.4) is 0 Å². The van der Waals surface area contributed by atoms with Crippen molar-refractivity contribution < 1.29 is 9.47 Å².